The highest BCUT2D eigenvalue weighted by atomic mass is 16.3. The molecule has 1 aromatic rings. The van der Waals surface area contributed by atoms with E-state index in [0.717, 1.165) is 6.54 Å². The lowest BCUT2D eigenvalue weighted by Gasteiger charge is -2.02. The Kier molecular flexibility index (Phi) is 4.59. The summed E-state index contributed by atoms with van der Waals surface area (Å²) in [7, 11) is 0. The summed E-state index contributed by atoms with van der Waals surface area (Å²) in [6.45, 7) is 5.19. The molecule has 2 atom stereocenters. The fourth-order valence-electron chi connectivity index (χ4n) is 1.13. The van der Waals surface area contributed by atoms with Crippen molar-refractivity contribution in [1.82, 2.24) is 0 Å². The molecule has 0 bridgehead atoms. The zero-order valence-electron chi connectivity index (χ0n) is 9.27. The van der Waals surface area contributed by atoms with Crippen LogP contribution in [0.5, 0.6) is 0 Å². The lowest BCUT2D eigenvalue weighted by molar-refractivity contribution is 0.180. The molecule has 0 aliphatic heterocycles. The number of rotatable bonds is 2. The van der Waals surface area contributed by atoms with Crippen LogP contribution in [0.4, 0.5) is 5.69 Å². The van der Waals surface area contributed by atoms with Crippen LogP contribution < -0.4 is 5.32 Å². The van der Waals surface area contributed by atoms with E-state index in [1.807, 2.05) is 0 Å². The Hall–Kier alpha value is -1.06. The number of aliphatic hydroxyl groups excluding tert-OH is 2. The number of anilines is 1. The van der Waals surface area contributed by atoms with Gasteiger partial charge < -0.3 is 15.5 Å². The molecule has 0 heterocycles. The molecule has 0 aromatic heterocycles. The summed E-state index contributed by atoms with van der Waals surface area (Å²) in [5.41, 5.74) is 2.51. The van der Waals surface area contributed by atoms with Crippen molar-refractivity contribution in [2.75, 3.05) is 11.9 Å². The maximum atomic E-state index is 8.19. The van der Waals surface area contributed by atoms with Gasteiger partial charge in [-0.05, 0) is 31.5 Å². The highest BCUT2D eigenvalue weighted by Crippen LogP contribution is 2.18. The molecule has 3 nitrogen and oxygen atoms in total. The van der Waals surface area contributed by atoms with Crippen LogP contribution in [0.25, 0.3) is 0 Å². The maximum Gasteiger partial charge on any atom is 0.0825 e. The summed E-state index contributed by atoms with van der Waals surface area (Å²) in [5, 5.41) is 19.6. The van der Waals surface area contributed by atoms with Crippen LogP contribution in [0, 0.1) is 6.92 Å². The van der Waals surface area contributed by atoms with E-state index in [0.29, 0.717) is 6.42 Å². The first kappa shape index (κ1) is 12.0. The molecule has 0 spiro atoms. The number of aliphatic hydroxyl groups is 2. The summed E-state index contributed by atoms with van der Waals surface area (Å²) < 4.78 is 0. The van der Waals surface area contributed by atoms with Crippen molar-refractivity contribution in [1.29, 1.82) is 0 Å². The predicted molar refractivity (Wildman–Crippen MR) is 62.0 cm³/mol. The van der Waals surface area contributed by atoms with Gasteiger partial charge in [0.05, 0.1) is 12.2 Å². The van der Waals surface area contributed by atoms with Crippen LogP contribution in [0.15, 0.2) is 24.3 Å². The largest absolute Gasteiger partial charge is 0.390 e. The highest BCUT2D eigenvalue weighted by molar-refractivity contribution is 5.45. The molecule has 84 valence electrons. The molecule has 0 amide bonds. The third kappa shape index (κ3) is 4.81. The fourth-order valence-corrected chi connectivity index (χ4v) is 1.13. The lowest BCUT2D eigenvalue weighted by Crippen LogP contribution is -1.95. The Morgan fingerprint density at radius 2 is 1.93 bits per heavy atom. The Balaban J connectivity index is 0.000000187. The summed E-state index contributed by atoms with van der Waals surface area (Å²) in [6, 6.07) is 8.38. The molecule has 1 saturated carbocycles. The summed E-state index contributed by atoms with van der Waals surface area (Å²) in [6.07, 6.45) is -0.204. The van der Waals surface area contributed by atoms with Crippen molar-refractivity contribution in [3.63, 3.8) is 0 Å². The number of aryl methyl sites for hydroxylation is 1. The van der Waals surface area contributed by atoms with Gasteiger partial charge in [0.1, 0.15) is 0 Å². The van der Waals surface area contributed by atoms with Crippen molar-refractivity contribution in [2.24, 2.45) is 0 Å². The van der Waals surface area contributed by atoms with Crippen molar-refractivity contribution in [3.05, 3.63) is 29.8 Å². The highest BCUT2D eigenvalue weighted by Gasteiger charge is 2.32. The van der Waals surface area contributed by atoms with Gasteiger partial charge in [0, 0.05) is 18.7 Å². The quantitative estimate of drug-likeness (QED) is 0.692. The minimum atomic E-state index is -0.394. The Bertz CT molecular complexity index is 295. The molecular formula is C12H19NO2. The van der Waals surface area contributed by atoms with E-state index in [-0.39, 0.29) is 0 Å². The SMILES string of the molecule is CCNc1cccc(C)c1.OC1CC1O. The molecule has 0 radical (unpaired) electrons. The van der Waals surface area contributed by atoms with Gasteiger partial charge in [-0.1, -0.05) is 12.1 Å². The molecule has 1 aromatic carbocycles. The van der Waals surface area contributed by atoms with Gasteiger partial charge in [-0.25, -0.2) is 0 Å². The summed E-state index contributed by atoms with van der Waals surface area (Å²) in [5.74, 6) is 0. The van der Waals surface area contributed by atoms with E-state index in [2.05, 4.69) is 43.4 Å². The van der Waals surface area contributed by atoms with Crippen LogP contribution in [0.3, 0.4) is 0 Å². The molecule has 15 heavy (non-hydrogen) atoms. The van der Waals surface area contributed by atoms with Gasteiger partial charge in [0.2, 0.25) is 0 Å². The normalized spacial score (nSPS) is 22.7. The van der Waals surface area contributed by atoms with E-state index in [9.17, 15) is 0 Å². The second kappa shape index (κ2) is 5.73. The molecule has 1 aliphatic carbocycles. The maximum absolute atomic E-state index is 8.19. The standard InChI is InChI=1S/C9H13N.C3H6O2/c1-3-10-9-6-4-5-8(2)7-9;4-2-1-3(2)5/h4-7,10H,3H2,1-2H3;2-5H,1H2. The van der Waals surface area contributed by atoms with E-state index in [1.54, 1.807) is 0 Å². The average molecular weight is 209 g/mol. The van der Waals surface area contributed by atoms with Crippen molar-refractivity contribution < 1.29 is 10.2 Å². The number of nitrogens with one attached hydrogen (secondary N) is 1. The zero-order chi connectivity index (χ0) is 11.3. The van der Waals surface area contributed by atoms with Crippen LogP contribution in [-0.4, -0.2) is 29.0 Å². The van der Waals surface area contributed by atoms with E-state index in [4.69, 9.17) is 10.2 Å². The molecule has 1 aliphatic rings. The molecule has 3 N–H and O–H groups in total. The average Bonchev–Trinajstić information content (AvgIpc) is 2.81. The number of hydrogen-bond donors (Lipinski definition) is 3. The minimum absolute atomic E-state index is 0.394. The Morgan fingerprint density at radius 1 is 1.33 bits per heavy atom. The minimum Gasteiger partial charge on any atom is -0.390 e. The molecule has 2 unspecified atom stereocenters. The Morgan fingerprint density at radius 3 is 2.33 bits per heavy atom. The van der Waals surface area contributed by atoms with E-state index >= 15 is 0 Å². The topological polar surface area (TPSA) is 52.5 Å². The summed E-state index contributed by atoms with van der Waals surface area (Å²) in [4.78, 5) is 0. The Labute approximate surface area is 90.8 Å². The number of benzene rings is 1. The van der Waals surface area contributed by atoms with Gasteiger partial charge >= 0.3 is 0 Å². The molecule has 0 saturated heterocycles. The second-order valence-electron chi connectivity index (χ2n) is 3.77. The zero-order valence-corrected chi connectivity index (χ0v) is 9.27. The monoisotopic (exact) mass is 209 g/mol. The van der Waals surface area contributed by atoms with Gasteiger partial charge in [0.15, 0.2) is 0 Å². The smallest absolute Gasteiger partial charge is 0.0825 e. The third-order valence-corrected chi connectivity index (χ3v) is 2.12. The van der Waals surface area contributed by atoms with E-state index < -0.39 is 12.2 Å². The van der Waals surface area contributed by atoms with Crippen LogP contribution in [0.1, 0.15) is 18.9 Å². The molecule has 3 heteroatoms. The van der Waals surface area contributed by atoms with Crippen molar-refractivity contribution >= 4 is 5.69 Å². The van der Waals surface area contributed by atoms with Gasteiger partial charge in [-0.15, -0.1) is 0 Å². The number of hydrogen-bond acceptors (Lipinski definition) is 3. The van der Waals surface area contributed by atoms with Crippen molar-refractivity contribution in [2.45, 2.75) is 32.5 Å². The first-order valence-corrected chi connectivity index (χ1v) is 5.30. The molecule has 2 rings (SSSR count). The third-order valence-electron chi connectivity index (χ3n) is 2.12. The predicted octanol–water partition coefficient (Wildman–Crippen LogP) is 1.54. The van der Waals surface area contributed by atoms with Gasteiger partial charge in [-0.3, -0.25) is 0 Å². The van der Waals surface area contributed by atoms with Gasteiger partial charge in [-0.2, -0.15) is 0 Å². The first-order chi connectivity index (χ1) is 7.13. The molecule has 1 fully saturated rings. The second-order valence-corrected chi connectivity index (χ2v) is 3.77. The molecular weight excluding hydrogens is 190 g/mol. The van der Waals surface area contributed by atoms with Gasteiger partial charge in [0.25, 0.3) is 0 Å². The summed E-state index contributed by atoms with van der Waals surface area (Å²) >= 11 is 0. The van der Waals surface area contributed by atoms with Crippen LogP contribution in [-0.2, 0) is 0 Å². The van der Waals surface area contributed by atoms with Crippen molar-refractivity contribution in [3.8, 4) is 0 Å². The first-order valence-electron chi connectivity index (χ1n) is 5.30. The van der Waals surface area contributed by atoms with Crippen LogP contribution >= 0.6 is 0 Å². The lowest BCUT2D eigenvalue weighted by atomic mass is 10.2. The fraction of sp³-hybridized carbons (Fsp3) is 0.500. The van der Waals surface area contributed by atoms with E-state index in [1.165, 1.54) is 11.3 Å². The van der Waals surface area contributed by atoms with Crippen LogP contribution in [0.2, 0.25) is 0 Å².